The zero-order chi connectivity index (χ0) is 8.69. The number of amides is 1. The third kappa shape index (κ3) is 6.74. The molecule has 0 saturated carbocycles. The third-order valence-corrected chi connectivity index (χ3v) is 1.46. The van der Waals surface area contributed by atoms with Crippen LogP contribution in [0.25, 0.3) is 0 Å². The number of terminal acetylenes is 1. The van der Waals surface area contributed by atoms with Crippen LogP contribution < -0.4 is 11.1 Å². The number of nitrogens with two attached hydrogens (primary N) is 1. The molecule has 0 heterocycles. The molecule has 4 nitrogen and oxygen atoms in total. The summed E-state index contributed by atoms with van der Waals surface area (Å²) in [5.41, 5.74) is 5.00. The van der Waals surface area contributed by atoms with Gasteiger partial charge in [-0.15, -0.1) is 6.42 Å². The van der Waals surface area contributed by atoms with Crippen molar-refractivity contribution in [2.45, 2.75) is 0 Å². The molecule has 0 fully saturated rings. The largest absolute Gasteiger partial charge is 0.379 e. The number of amidine groups is 1. The van der Waals surface area contributed by atoms with Gasteiger partial charge in [0.15, 0.2) is 5.17 Å². The predicted octanol–water partition coefficient (Wildman–Crippen LogP) is -0.638. The first-order valence-corrected chi connectivity index (χ1v) is 3.82. The van der Waals surface area contributed by atoms with Crippen LogP contribution in [0.1, 0.15) is 0 Å². The van der Waals surface area contributed by atoms with Crippen molar-refractivity contribution < 1.29 is 4.79 Å². The fourth-order valence-corrected chi connectivity index (χ4v) is 0.733. The Hall–Kier alpha value is -1.15. The summed E-state index contributed by atoms with van der Waals surface area (Å²) in [6.07, 6.45) is 4.89. The Morgan fingerprint density at radius 3 is 2.91 bits per heavy atom. The molecule has 0 aliphatic heterocycles. The summed E-state index contributed by atoms with van der Waals surface area (Å²) in [5.74, 6) is 2.20. The molecule has 0 spiro atoms. The number of carbonyl (C=O) groups excluding carboxylic acids is 1. The zero-order valence-corrected chi connectivity index (χ0v) is 6.70. The first-order valence-electron chi connectivity index (χ1n) is 2.83. The maximum absolute atomic E-state index is 10.7. The van der Waals surface area contributed by atoms with Crippen molar-refractivity contribution in [1.82, 2.24) is 5.32 Å². The van der Waals surface area contributed by atoms with Gasteiger partial charge >= 0.3 is 0 Å². The van der Waals surface area contributed by atoms with E-state index in [1.807, 2.05) is 0 Å². The molecule has 0 saturated heterocycles. The summed E-state index contributed by atoms with van der Waals surface area (Å²) in [6.45, 7) is 0.220. The minimum Gasteiger partial charge on any atom is -0.379 e. The molecule has 1 amide bonds. The number of nitrogens with one attached hydrogen (secondary N) is 2. The van der Waals surface area contributed by atoms with Gasteiger partial charge in [-0.3, -0.25) is 10.2 Å². The van der Waals surface area contributed by atoms with Crippen LogP contribution in [0.5, 0.6) is 0 Å². The van der Waals surface area contributed by atoms with Crippen LogP contribution in [0, 0.1) is 17.8 Å². The molecule has 0 aromatic heterocycles. The average Bonchev–Trinajstić information content (AvgIpc) is 1.97. The highest BCUT2D eigenvalue weighted by Crippen LogP contribution is 1.95. The van der Waals surface area contributed by atoms with Crippen LogP contribution in [0.3, 0.4) is 0 Å². The quantitative estimate of drug-likeness (QED) is 0.300. The minimum atomic E-state index is -0.205. The lowest BCUT2D eigenvalue weighted by atomic mass is 10.6. The third-order valence-electron chi connectivity index (χ3n) is 0.746. The van der Waals surface area contributed by atoms with Crippen molar-refractivity contribution in [2.75, 3.05) is 12.3 Å². The maximum Gasteiger partial charge on any atom is 0.231 e. The second-order valence-electron chi connectivity index (χ2n) is 1.63. The summed E-state index contributed by atoms with van der Waals surface area (Å²) in [5, 5.41) is 9.16. The van der Waals surface area contributed by atoms with Crippen molar-refractivity contribution in [3.63, 3.8) is 0 Å². The first-order chi connectivity index (χ1) is 5.16. The Kier molecular flexibility index (Phi) is 5.03. The van der Waals surface area contributed by atoms with Crippen molar-refractivity contribution >= 4 is 22.8 Å². The van der Waals surface area contributed by atoms with Gasteiger partial charge in [-0.1, -0.05) is 17.7 Å². The van der Waals surface area contributed by atoms with Gasteiger partial charge in [0.05, 0.1) is 12.3 Å². The van der Waals surface area contributed by atoms with E-state index in [0.29, 0.717) is 0 Å². The molecule has 11 heavy (non-hydrogen) atoms. The number of carbonyl (C=O) groups is 1. The van der Waals surface area contributed by atoms with Crippen LogP contribution in [-0.4, -0.2) is 23.4 Å². The van der Waals surface area contributed by atoms with E-state index in [2.05, 4.69) is 11.2 Å². The van der Waals surface area contributed by atoms with Gasteiger partial charge < -0.3 is 11.1 Å². The fourth-order valence-electron chi connectivity index (χ4n) is 0.344. The smallest absolute Gasteiger partial charge is 0.231 e. The molecule has 0 aromatic rings. The number of hydrogen-bond acceptors (Lipinski definition) is 3. The summed E-state index contributed by atoms with van der Waals surface area (Å²) < 4.78 is 0. The Morgan fingerprint density at radius 1 is 1.82 bits per heavy atom. The van der Waals surface area contributed by atoms with E-state index in [1.165, 1.54) is 0 Å². The van der Waals surface area contributed by atoms with Gasteiger partial charge in [0.25, 0.3) is 0 Å². The highest BCUT2D eigenvalue weighted by molar-refractivity contribution is 8.14. The Bertz CT molecular complexity index is 196. The SMILES string of the molecule is C#CCNC(=O)CSC(=N)N. The first kappa shape index (κ1) is 9.85. The maximum atomic E-state index is 10.7. The Balaban J connectivity index is 3.39. The van der Waals surface area contributed by atoms with Crippen LogP contribution in [0.15, 0.2) is 0 Å². The second-order valence-corrected chi connectivity index (χ2v) is 2.65. The van der Waals surface area contributed by atoms with E-state index < -0.39 is 0 Å². The number of hydrogen-bond donors (Lipinski definition) is 3. The Morgan fingerprint density at radius 2 is 2.45 bits per heavy atom. The lowest BCUT2D eigenvalue weighted by molar-refractivity contribution is -0.118. The highest BCUT2D eigenvalue weighted by Gasteiger charge is 1.99. The molecule has 5 heteroatoms. The fraction of sp³-hybridized carbons (Fsp3) is 0.333. The van der Waals surface area contributed by atoms with Gasteiger partial charge in [-0.05, 0) is 0 Å². The standard InChI is InChI=1S/C6H9N3OS/c1-2-3-9-5(10)4-11-6(7)8/h1H,3-4H2,(H3,7,8)(H,9,10). The molecule has 4 N–H and O–H groups in total. The Labute approximate surface area is 69.4 Å². The van der Waals surface area contributed by atoms with E-state index in [0.717, 1.165) is 11.8 Å². The summed E-state index contributed by atoms with van der Waals surface area (Å²) in [6, 6.07) is 0. The number of rotatable bonds is 3. The van der Waals surface area contributed by atoms with Gasteiger partial charge in [-0.25, -0.2) is 0 Å². The summed E-state index contributed by atoms with van der Waals surface area (Å²) >= 11 is 0.970. The van der Waals surface area contributed by atoms with Crippen molar-refractivity contribution in [1.29, 1.82) is 5.41 Å². The van der Waals surface area contributed by atoms with E-state index in [4.69, 9.17) is 17.6 Å². The molecule has 0 rings (SSSR count). The molecule has 0 atom stereocenters. The van der Waals surface area contributed by atoms with Gasteiger partial charge in [0.2, 0.25) is 5.91 Å². The normalized spacial score (nSPS) is 8.27. The van der Waals surface area contributed by atoms with E-state index in [-0.39, 0.29) is 23.4 Å². The van der Waals surface area contributed by atoms with Crippen molar-refractivity contribution in [3.8, 4) is 12.3 Å². The minimum absolute atomic E-state index is 0.0687. The van der Waals surface area contributed by atoms with E-state index in [1.54, 1.807) is 0 Å². The van der Waals surface area contributed by atoms with Crippen LogP contribution in [0.4, 0.5) is 0 Å². The van der Waals surface area contributed by atoms with Crippen molar-refractivity contribution in [3.05, 3.63) is 0 Å². The molecule has 60 valence electrons. The second kappa shape index (κ2) is 5.62. The van der Waals surface area contributed by atoms with E-state index >= 15 is 0 Å². The van der Waals surface area contributed by atoms with E-state index in [9.17, 15) is 4.79 Å². The molecule has 0 aromatic carbocycles. The zero-order valence-electron chi connectivity index (χ0n) is 5.89. The monoisotopic (exact) mass is 171 g/mol. The van der Waals surface area contributed by atoms with Crippen LogP contribution >= 0.6 is 11.8 Å². The van der Waals surface area contributed by atoms with Crippen LogP contribution in [0.2, 0.25) is 0 Å². The molecule has 0 bridgehead atoms. The topological polar surface area (TPSA) is 79.0 Å². The molecule has 0 radical (unpaired) electrons. The van der Waals surface area contributed by atoms with Crippen molar-refractivity contribution in [2.24, 2.45) is 5.73 Å². The predicted molar refractivity (Wildman–Crippen MR) is 46.2 cm³/mol. The molecule has 0 unspecified atom stereocenters. The molecule has 0 aliphatic carbocycles. The molecular weight excluding hydrogens is 162 g/mol. The van der Waals surface area contributed by atoms with Gasteiger partial charge in [0.1, 0.15) is 0 Å². The van der Waals surface area contributed by atoms with Crippen LogP contribution in [-0.2, 0) is 4.79 Å². The summed E-state index contributed by atoms with van der Waals surface area (Å²) in [4.78, 5) is 10.7. The average molecular weight is 171 g/mol. The summed E-state index contributed by atoms with van der Waals surface area (Å²) in [7, 11) is 0. The lowest BCUT2D eigenvalue weighted by Gasteiger charge is -1.98. The van der Waals surface area contributed by atoms with Gasteiger partial charge in [0, 0.05) is 0 Å². The molecule has 0 aliphatic rings. The number of thioether (sulfide) groups is 1. The molecular formula is C6H9N3OS. The van der Waals surface area contributed by atoms with Gasteiger partial charge in [-0.2, -0.15) is 0 Å². The lowest BCUT2D eigenvalue weighted by Crippen LogP contribution is -2.26. The highest BCUT2D eigenvalue weighted by atomic mass is 32.2.